The Morgan fingerprint density at radius 2 is 0.556 bits per heavy atom. The summed E-state index contributed by atoms with van der Waals surface area (Å²) in [7, 11) is 0. The lowest BCUT2D eigenvalue weighted by Crippen LogP contribution is -2.58. The summed E-state index contributed by atoms with van der Waals surface area (Å²) in [5.74, 6) is -4.19. The number of halogens is 21. The number of hydrogen-bond acceptors (Lipinski definition) is 3. The molecule has 0 saturated heterocycles. The summed E-state index contributed by atoms with van der Waals surface area (Å²) in [5.41, 5.74) is -32.4. The van der Waals surface area contributed by atoms with Crippen molar-refractivity contribution >= 4 is 0 Å². The molecule has 0 bridgehead atoms. The second-order valence-electron chi connectivity index (χ2n) is 6.29. The van der Waals surface area contributed by atoms with E-state index in [1.807, 2.05) is 0 Å². The molecular formula is C12F21N3. The predicted molar refractivity (Wildman–Crippen MR) is 64.5 cm³/mol. The highest BCUT2D eigenvalue weighted by atomic mass is 19.4. The van der Waals surface area contributed by atoms with E-state index >= 15 is 0 Å². The number of rotatable bonds is 3. The third kappa shape index (κ3) is 4.32. The van der Waals surface area contributed by atoms with E-state index in [0.717, 1.165) is 15.2 Å². The molecule has 0 aliphatic heterocycles. The van der Waals surface area contributed by atoms with E-state index in [4.69, 9.17) is 0 Å². The SMILES string of the molecule is FC(F)(F)C(F)(c1nnc(C(F)(C(F)(F)F)C(F)(F)F)c(C(F)(C(F)(F)F)C(F)(F)F)n1)C(F)(F)F. The molecule has 1 aromatic heterocycles. The summed E-state index contributed by atoms with van der Waals surface area (Å²) in [6, 6.07) is 0. The van der Waals surface area contributed by atoms with Gasteiger partial charge in [0.05, 0.1) is 0 Å². The van der Waals surface area contributed by atoms with Gasteiger partial charge in [-0.05, 0) is 0 Å². The Labute approximate surface area is 180 Å². The fourth-order valence-electron chi connectivity index (χ4n) is 2.22. The van der Waals surface area contributed by atoms with Crippen LogP contribution in [0, 0.1) is 0 Å². The predicted octanol–water partition coefficient (Wildman–Crippen LogP) is 6.74. The van der Waals surface area contributed by atoms with Gasteiger partial charge in [0.1, 0.15) is 11.4 Å². The maximum atomic E-state index is 14.3. The van der Waals surface area contributed by atoms with Crippen molar-refractivity contribution in [3.05, 3.63) is 17.2 Å². The Morgan fingerprint density at radius 3 is 0.806 bits per heavy atom. The largest absolute Gasteiger partial charge is 0.439 e. The molecule has 24 heteroatoms. The van der Waals surface area contributed by atoms with Crippen molar-refractivity contribution in [2.45, 2.75) is 54.1 Å². The molecule has 0 N–H and O–H groups in total. The number of aromatic nitrogens is 3. The minimum Gasteiger partial charge on any atom is -0.226 e. The first-order valence-electron chi connectivity index (χ1n) is 7.56. The molecule has 0 amide bonds. The summed E-state index contributed by atoms with van der Waals surface area (Å²) in [6.07, 6.45) is -46.6. The van der Waals surface area contributed by atoms with Crippen LogP contribution in [0.3, 0.4) is 0 Å². The van der Waals surface area contributed by atoms with Crippen LogP contribution in [0.4, 0.5) is 92.2 Å². The molecule has 0 radical (unpaired) electrons. The monoisotopic (exact) mass is 585 g/mol. The molecular weight excluding hydrogens is 585 g/mol. The van der Waals surface area contributed by atoms with E-state index in [9.17, 15) is 92.2 Å². The second-order valence-corrected chi connectivity index (χ2v) is 6.29. The zero-order valence-corrected chi connectivity index (χ0v) is 15.3. The van der Waals surface area contributed by atoms with Gasteiger partial charge in [0.2, 0.25) is 5.82 Å². The van der Waals surface area contributed by atoms with Gasteiger partial charge in [0.15, 0.2) is 0 Å². The van der Waals surface area contributed by atoms with Gasteiger partial charge >= 0.3 is 54.1 Å². The van der Waals surface area contributed by atoms with Crippen LogP contribution in [0.2, 0.25) is 0 Å². The Bertz CT molecular complexity index is 915. The van der Waals surface area contributed by atoms with Gasteiger partial charge in [0, 0.05) is 0 Å². The Hall–Kier alpha value is -2.46. The quantitative estimate of drug-likeness (QED) is 0.369. The number of nitrogens with zero attached hydrogens (tertiary/aromatic N) is 3. The van der Waals surface area contributed by atoms with Crippen LogP contribution in [0.25, 0.3) is 0 Å². The number of alkyl halides is 21. The lowest BCUT2D eigenvalue weighted by atomic mass is 9.89. The summed E-state index contributed by atoms with van der Waals surface area (Å²) >= 11 is 0. The zero-order chi connectivity index (χ0) is 29.4. The average Bonchev–Trinajstić information content (AvgIpc) is 2.59. The standard InChI is InChI=1S/C12F21N3/c13-4(7(16,17)18,8(19,20)21)1-2(5(14,9(22,23)24)10(25,26)27)35-36-3(34-1)6(15,11(28,29)30)12(31,32)33. The first-order valence-corrected chi connectivity index (χ1v) is 7.56. The maximum Gasteiger partial charge on any atom is 0.439 e. The Balaban J connectivity index is 4.55. The first kappa shape index (κ1) is 31.6. The molecule has 0 saturated carbocycles. The van der Waals surface area contributed by atoms with Gasteiger partial charge in [-0.3, -0.25) is 0 Å². The van der Waals surface area contributed by atoms with Gasteiger partial charge < -0.3 is 0 Å². The third-order valence-electron chi connectivity index (χ3n) is 3.99. The van der Waals surface area contributed by atoms with Crippen LogP contribution >= 0.6 is 0 Å². The van der Waals surface area contributed by atoms with Crippen molar-refractivity contribution in [1.29, 1.82) is 0 Å². The van der Waals surface area contributed by atoms with Crippen molar-refractivity contribution in [3.63, 3.8) is 0 Å². The van der Waals surface area contributed by atoms with E-state index in [1.165, 1.54) is 0 Å². The van der Waals surface area contributed by atoms with Gasteiger partial charge in [-0.15, -0.1) is 10.2 Å². The van der Waals surface area contributed by atoms with Gasteiger partial charge in [0.25, 0.3) is 0 Å². The molecule has 36 heavy (non-hydrogen) atoms. The van der Waals surface area contributed by atoms with E-state index in [0.29, 0.717) is 0 Å². The highest BCUT2D eigenvalue weighted by molar-refractivity contribution is 5.32. The molecule has 0 aromatic carbocycles. The fourth-order valence-corrected chi connectivity index (χ4v) is 2.22. The first-order chi connectivity index (χ1) is 15.3. The average molecular weight is 585 g/mol. The number of hydrogen-bond donors (Lipinski definition) is 0. The fraction of sp³-hybridized carbons (Fsp3) is 0.750. The van der Waals surface area contributed by atoms with E-state index in [1.54, 1.807) is 0 Å². The minimum absolute atomic E-state index is 0.832. The van der Waals surface area contributed by atoms with Crippen molar-refractivity contribution < 1.29 is 92.2 Å². The van der Waals surface area contributed by atoms with Gasteiger partial charge in [-0.1, -0.05) is 0 Å². The molecule has 0 fully saturated rings. The van der Waals surface area contributed by atoms with Crippen LogP contribution in [0.15, 0.2) is 0 Å². The van der Waals surface area contributed by atoms with Crippen LogP contribution in [-0.4, -0.2) is 52.2 Å². The summed E-state index contributed by atoms with van der Waals surface area (Å²) in [6.45, 7) is 0. The highest BCUT2D eigenvalue weighted by Gasteiger charge is 2.82. The molecule has 1 rings (SSSR count). The summed E-state index contributed by atoms with van der Waals surface area (Å²) in [5, 5.41) is 2.06. The second kappa shape index (κ2) is 8.02. The zero-order valence-electron chi connectivity index (χ0n) is 15.3. The molecule has 0 aliphatic rings. The van der Waals surface area contributed by atoms with E-state index in [2.05, 4.69) is 0 Å². The topological polar surface area (TPSA) is 38.7 Å². The van der Waals surface area contributed by atoms with Crippen molar-refractivity contribution in [2.75, 3.05) is 0 Å². The van der Waals surface area contributed by atoms with E-state index in [-0.39, 0.29) is 0 Å². The molecule has 1 heterocycles. The van der Waals surface area contributed by atoms with Crippen LogP contribution in [-0.2, 0) is 17.0 Å². The molecule has 0 atom stereocenters. The van der Waals surface area contributed by atoms with Crippen LogP contribution in [0.1, 0.15) is 17.2 Å². The Kier molecular flexibility index (Phi) is 7.03. The third-order valence-corrected chi connectivity index (χ3v) is 3.99. The molecule has 3 nitrogen and oxygen atoms in total. The lowest BCUT2D eigenvalue weighted by molar-refractivity contribution is -0.363. The molecule has 0 unspecified atom stereocenters. The van der Waals surface area contributed by atoms with Gasteiger partial charge in [-0.25, -0.2) is 18.2 Å². The molecule has 0 spiro atoms. The van der Waals surface area contributed by atoms with Gasteiger partial charge in [-0.2, -0.15) is 79.0 Å². The molecule has 0 aliphatic carbocycles. The summed E-state index contributed by atoms with van der Waals surface area (Å²) < 4.78 is 273. The maximum absolute atomic E-state index is 14.3. The van der Waals surface area contributed by atoms with Crippen molar-refractivity contribution in [3.8, 4) is 0 Å². The van der Waals surface area contributed by atoms with Crippen LogP contribution < -0.4 is 0 Å². The Morgan fingerprint density at radius 1 is 0.306 bits per heavy atom. The molecule has 1 aromatic rings. The lowest BCUT2D eigenvalue weighted by Gasteiger charge is -2.35. The highest BCUT2D eigenvalue weighted by Crippen LogP contribution is 2.60. The van der Waals surface area contributed by atoms with Crippen molar-refractivity contribution in [2.24, 2.45) is 0 Å². The molecule has 210 valence electrons. The van der Waals surface area contributed by atoms with Crippen LogP contribution in [0.5, 0.6) is 0 Å². The smallest absolute Gasteiger partial charge is 0.226 e. The minimum atomic E-state index is -7.93. The van der Waals surface area contributed by atoms with Crippen molar-refractivity contribution in [1.82, 2.24) is 15.2 Å². The summed E-state index contributed by atoms with van der Waals surface area (Å²) in [4.78, 5) is 0.832. The normalized spacial score (nSPS) is 15.9. The van der Waals surface area contributed by atoms with E-state index < -0.39 is 71.3 Å².